The molecule has 3 rings (SSSR count). The van der Waals surface area contributed by atoms with Gasteiger partial charge in [-0.15, -0.1) is 0 Å². The summed E-state index contributed by atoms with van der Waals surface area (Å²) in [4.78, 5) is 16.6. The third-order valence-corrected chi connectivity index (χ3v) is 4.30. The van der Waals surface area contributed by atoms with E-state index in [-0.39, 0.29) is 5.91 Å². The number of rotatable bonds is 5. The predicted molar refractivity (Wildman–Crippen MR) is 105 cm³/mol. The number of halogens is 1. The maximum Gasteiger partial charge on any atom is 0.274 e. The Morgan fingerprint density at radius 1 is 1.08 bits per heavy atom. The quantitative estimate of drug-likeness (QED) is 0.662. The molecule has 1 heterocycles. The summed E-state index contributed by atoms with van der Waals surface area (Å²) in [5.74, 6) is 0.436. The lowest BCUT2D eigenvalue weighted by Crippen LogP contribution is -2.13. The molecule has 0 fully saturated rings. The number of nitrogens with zero attached hydrogens (tertiary/aromatic N) is 1. The van der Waals surface area contributed by atoms with E-state index in [9.17, 15) is 4.79 Å². The highest BCUT2D eigenvalue weighted by Crippen LogP contribution is 2.26. The van der Waals surface area contributed by atoms with E-state index in [1.165, 1.54) is 0 Å². The van der Waals surface area contributed by atoms with Gasteiger partial charge in [-0.1, -0.05) is 17.7 Å². The Kier molecular flexibility index (Phi) is 5.39. The molecule has 0 spiro atoms. The van der Waals surface area contributed by atoms with Crippen LogP contribution in [-0.2, 0) is 0 Å². The van der Waals surface area contributed by atoms with Crippen LogP contribution < -0.4 is 15.4 Å². The van der Waals surface area contributed by atoms with Gasteiger partial charge in [0, 0.05) is 28.3 Å². The molecule has 6 heteroatoms. The minimum Gasteiger partial charge on any atom is -0.497 e. The minimum atomic E-state index is -0.290. The van der Waals surface area contributed by atoms with Gasteiger partial charge >= 0.3 is 0 Å². The molecule has 0 aliphatic carbocycles. The molecule has 0 atom stereocenters. The van der Waals surface area contributed by atoms with Crippen molar-refractivity contribution in [1.82, 2.24) is 4.98 Å². The molecule has 26 heavy (non-hydrogen) atoms. The molecule has 0 bridgehead atoms. The highest BCUT2D eigenvalue weighted by Gasteiger charge is 2.10. The summed E-state index contributed by atoms with van der Waals surface area (Å²) in [7, 11) is 1.59. The van der Waals surface area contributed by atoms with Gasteiger partial charge in [0.05, 0.1) is 7.11 Å². The Balaban J connectivity index is 1.75. The third kappa shape index (κ3) is 4.13. The van der Waals surface area contributed by atoms with Crippen LogP contribution in [0.1, 0.15) is 16.1 Å². The first-order valence-electron chi connectivity index (χ1n) is 8.00. The number of carbonyl (C=O) groups is 1. The number of anilines is 3. The Labute approximate surface area is 157 Å². The van der Waals surface area contributed by atoms with Crippen molar-refractivity contribution >= 4 is 34.6 Å². The first-order valence-corrected chi connectivity index (χ1v) is 8.38. The lowest BCUT2D eigenvalue weighted by Gasteiger charge is -2.11. The van der Waals surface area contributed by atoms with Gasteiger partial charge in [-0.2, -0.15) is 0 Å². The number of aromatic nitrogens is 1. The summed E-state index contributed by atoms with van der Waals surface area (Å²) in [6.45, 7) is 1.93. The second kappa shape index (κ2) is 7.89. The molecule has 3 aromatic rings. The van der Waals surface area contributed by atoms with Crippen LogP contribution in [0.2, 0.25) is 5.02 Å². The largest absolute Gasteiger partial charge is 0.497 e. The molecule has 0 saturated carbocycles. The zero-order chi connectivity index (χ0) is 18.5. The molecule has 0 unspecified atom stereocenters. The molecule has 132 valence electrons. The van der Waals surface area contributed by atoms with Crippen molar-refractivity contribution in [3.8, 4) is 5.75 Å². The van der Waals surface area contributed by atoms with Crippen molar-refractivity contribution in [2.75, 3.05) is 17.7 Å². The van der Waals surface area contributed by atoms with Crippen molar-refractivity contribution in [1.29, 1.82) is 0 Å². The zero-order valence-electron chi connectivity index (χ0n) is 14.4. The second-order valence-corrected chi connectivity index (χ2v) is 6.06. The van der Waals surface area contributed by atoms with Crippen molar-refractivity contribution in [2.24, 2.45) is 0 Å². The molecule has 0 radical (unpaired) electrons. The summed E-state index contributed by atoms with van der Waals surface area (Å²) in [5, 5.41) is 6.76. The van der Waals surface area contributed by atoms with Crippen molar-refractivity contribution < 1.29 is 9.53 Å². The topological polar surface area (TPSA) is 63.2 Å². The van der Waals surface area contributed by atoms with Crippen molar-refractivity contribution in [3.05, 3.63) is 77.1 Å². The average Bonchev–Trinajstić information content (AvgIpc) is 2.66. The normalized spacial score (nSPS) is 10.3. The number of benzene rings is 2. The molecule has 2 N–H and O–H groups in total. The highest BCUT2D eigenvalue weighted by molar-refractivity contribution is 6.31. The fourth-order valence-electron chi connectivity index (χ4n) is 2.40. The number of nitrogens with one attached hydrogen (secondary N) is 2. The van der Waals surface area contributed by atoms with E-state index >= 15 is 0 Å². The number of methoxy groups -OCH3 is 1. The van der Waals surface area contributed by atoms with Crippen LogP contribution in [0, 0.1) is 6.92 Å². The summed E-state index contributed by atoms with van der Waals surface area (Å²) < 4.78 is 5.11. The zero-order valence-corrected chi connectivity index (χ0v) is 15.2. The maximum atomic E-state index is 12.4. The average molecular weight is 368 g/mol. The summed E-state index contributed by atoms with van der Waals surface area (Å²) in [6, 6.07) is 16.2. The number of hydrogen-bond donors (Lipinski definition) is 2. The number of amides is 1. The smallest absolute Gasteiger partial charge is 0.274 e. The molecular formula is C20H18ClN3O2. The highest BCUT2D eigenvalue weighted by atomic mass is 35.5. The molecule has 5 nitrogen and oxygen atoms in total. The maximum absolute atomic E-state index is 12.4. The molecule has 0 saturated heterocycles. The molecule has 2 aromatic carbocycles. The number of carbonyl (C=O) groups excluding carboxylic acids is 1. The van der Waals surface area contributed by atoms with Crippen LogP contribution in [0.5, 0.6) is 5.75 Å². The van der Waals surface area contributed by atoms with Gasteiger partial charge < -0.3 is 15.4 Å². The second-order valence-electron chi connectivity index (χ2n) is 5.65. The first kappa shape index (κ1) is 17.8. The van der Waals surface area contributed by atoms with Crippen molar-refractivity contribution in [3.63, 3.8) is 0 Å². The molecule has 0 aliphatic heterocycles. The summed E-state index contributed by atoms with van der Waals surface area (Å²) >= 11 is 6.15. The minimum absolute atomic E-state index is 0.290. The lowest BCUT2D eigenvalue weighted by atomic mass is 10.2. The van der Waals surface area contributed by atoms with Crippen LogP contribution in [0.15, 0.2) is 60.8 Å². The third-order valence-electron chi connectivity index (χ3n) is 3.89. The van der Waals surface area contributed by atoms with Gasteiger partial charge in [0.15, 0.2) is 0 Å². The fourth-order valence-corrected chi connectivity index (χ4v) is 2.57. The number of hydrogen-bond acceptors (Lipinski definition) is 4. The van der Waals surface area contributed by atoms with Gasteiger partial charge in [-0.25, -0.2) is 0 Å². The van der Waals surface area contributed by atoms with Gasteiger partial charge in [0.25, 0.3) is 5.91 Å². The standard InChI is InChI=1S/C20H18ClN3O2/c1-13-17(21)4-3-5-18(13)23-15-10-11-22-19(12-15)20(25)24-14-6-8-16(26-2)9-7-14/h3-12H,1-2H3,(H,22,23)(H,24,25). The van der Waals surface area contributed by atoms with Gasteiger partial charge in [0.1, 0.15) is 11.4 Å². The van der Waals surface area contributed by atoms with Gasteiger partial charge in [0.2, 0.25) is 0 Å². The van der Waals surface area contributed by atoms with Gasteiger partial charge in [-0.05, 0) is 61.0 Å². The molecule has 1 amide bonds. The molecule has 1 aromatic heterocycles. The van der Waals surface area contributed by atoms with E-state index in [0.29, 0.717) is 16.4 Å². The summed E-state index contributed by atoms with van der Waals surface area (Å²) in [6.07, 6.45) is 1.59. The number of ether oxygens (including phenoxy) is 1. The van der Waals surface area contributed by atoms with Crippen LogP contribution in [0.3, 0.4) is 0 Å². The lowest BCUT2D eigenvalue weighted by molar-refractivity contribution is 0.102. The van der Waals surface area contributed by atoms with E-state index in [4.69, 9.17) is 16.3 Å². The van der Waals surface area contributed by atoms with E-state index < -0.39 is 0 Å². The Morgan fingerprint density at radius 3 is 2.58 bits per heavy atom. The Bertz CT molecular complexity index is 927. The van der Waals surface area contributed by atoms with Crippen LogP contribution >= 0.6 is 11.6 Å². The van der Waals surface area contributed by atoms with E-state index in [1.807, 2.05) is 25.1 Å². The Hall–Kier alpha value is -3.05. The van der Waals surface area contributed by atoms with E-state index in [1.54, 1.807) is 49.7 Å². The Morgan fingerprint density at radius 2 is 1.85 bits per heavy atom. The molecule has 0 aliphatic rings. The van der Waals surface area contributed by atoms with Crippen LogP contribution in [0.4, 0.5) is 17.1 Å². The molecular weight excluding hydrogens is 350 g/mol. The van der Waals surface area contributed by atoms with Crippen LogP contribution in [-0.4, -0.2) is 18.0 Å². The van der Waals surface area contributed by atoms with E-state index in [0.717, 1.165) is 22.7 Å². The SMILES string of the molecule is COc1ccc(NC(=O)c2cc(Nc3cccc(Cl)c3C)ccn2)cc1. The number of pyridine rings is 1. The monoisotopic (exact) mass is 367 g/mol. The first-order chi connectivity index (χ1) is 12.6. The fraction of sp³-hybridized carbons (Fsp3) is 0.100. The van der Waals surface area contributed by atoms with E-state index in [2.05, 4.69) is 15.6 Å². The van der Waals surface area contributed by atoms with Gasteiger partial charge in [-0.3, -0.25) is 9.78 Å². The summed E-state index contributed by atoms with van der Waals surface area (Å²) in [5.41, 5.74) is 3.55. The van der Waals surface area contributed by atoms with Crippen LogP contribution in [0.25, 0.3) is 0 Å². The van der Waals surface area contributed by atoms with Crippen molar-refractivity contribution in [2.45, 2.75) is 6.92 Å². The predicted octanol–water partition coefficient (Wildman–Crippen LogP) is 5.05.